The highest BCUT2D eigenvalue weighted by Gasteiger charge is 2.24. The molecular formula is C13H17NO2. The summed E-state index contributed by atoms with van der Waals surface area (Å²) < 4.78 is 0. The predicted octanol–water partition coefficient (Wildman–Crippen LogP) is 1.95. The molecule has 0 bridgehead atoms. The first-order chi connectivity index (χ1) is 7.77. The van der Waals surface area contributed by atoms with Crippen LogP contribution in [0.4, 0.5) is 0 Å². The zero-order chi connectivity index (χ0) is 11.4. The van der Waals surface area contributed by atoms with Gasteiger partial charge in [0, 0.05) is 6.54 Å². The summed E-state index contributed by atoms with van der Waals surface area (Å²) in [7, 11) is 0. The van der Waals surface area contributed by atoms with Crippen LogP contribution in [0.15, 0.2) is 30.3 Å². The molecule has 0 saturated carbocycles. The highest BCUT2D eigenvalue weighted by atomic mass is 16.4. The van der Waals surface area contributed by atoms with Crippen molar-refractivity contribution >= 4 is 5.97 Å². The summed E-state index contributed by atoms with van der Waals surface area (Å²) in [6.07, 6.45) is 2.39. The summed E-state index contributed by atoms with van der Waals surface area (Å²) in [5.74, 6) is -1.11. The van der Waals surface area contributed by atoms with Crippen LogP contribution in [0.3, 0.4) is 0 Å². The molecule has 1 heterocycles. The average Bonchev–Trinajstić information content (AvgIpc) is 2.79. The van der Waals surface area contributed by atoms with Gasteiger partial charge in [-0.15, -0.1) is 0 Å². The topological polar surface area (TPSA) is 40.5 Å². The molecule has 0 aromatic heterocycles. The van der Waals surface area contributed by atoms with Gasteiger partial charge in [0.1, 0.15) is 0 Å². The van der Waals surface area contributed by atoms with E-state index in [2.05, 4.69) is 4.90 Å². The Morgan fingerprint density at radius 2 is 1.88 bits per heavy atom. The summed E-state index contributed by atoms with van der Waals surface area (Å²) in [6.45, 7) is 2.71. The highest BCUT2D eigenvalue weighted by Crippen LogP contribution is 2.19. The minimum Gasteiger partial charge on any atom is -0.481 e. The lowest BCUT2D eigenvalue weighted by Gasteiger charge is -2.20. The molecule has 2 rings (SSSR count). The van der Waals surface area contributed by atoms with Crippen molar-refractivity contribution in [1.82, 2.24) is 4.90 Å². The summed E-state index contributed by atoms with van der Waals surface area (Å²) in [6, 6.07) is 9.51. The molecule has 1 N–H and O–H groups in total. The largest absolute Gasteiger partial charge is 0.481 e. The fraction of sp³-hybridized carbons (Fsp3) is 0.462. The number of carboxylic acid groups (broad SMARTS) is 1. The van der Waals surface area contributed by atoms with Crippen LogP contribution in [0.5, 0.6) is 0 Å². The third kappa shape index (κ3) is 2.61. The van der Waals surface area contributed by atoms with Crippen molar-refractivity contribution in [2.75, 3.05) is 19.6 Å². The van der Waals surface area contributed by atoms with E-state index in [9.17, 15) is 9.90 Å². The zero-order valence-corrected chi connectivity index (χ0v) is 9.30. The van der Waals surface area contributed by atoms with Crippen LogP contribution in [-0.4, -0.2) is 35.6 Å². The Hall–Kier alpha value is -1.35. The Morgan fingerprint density at radius 3 is 2.44 bits per heavy atom. The summed E-state index contributed by atoms with van der Waals surface area (Å²) in [5, 5.41) is 9.26. The van der Waals surface area contributed by atoms with Gasteiger partial charge >= 0.3 is 5.97 Å². The van der Waals surface area contributed by atoms with Crippen LogP contribution in [0.1, 0.15) is 24.3 Å². The van der Waals surface area contributed by atoms with Crippen LogP contribution in [0, 0.1) is 0 Å². The molecular weight excluding hydrogens is 202 g/mol. The van der Waals surface area contributed by atoms with Crippen molar-refractivity contribution in [1.29, 1.82) is 0 Å². The second kappa shape index (κ2) is 5.12. The molecule has 1 fully saturated rings. The standard InChI is InChI=1S/C13H17NO2/c15-13(16)12(10-14-8-4-5-9-14)11-6-2-1-3-7-11/h1-3,6-7,12H,4-5,8-10H2,(H,15,16)/t12-/m1/s1. The number of aliphatic carboxylic acids is 1. The minimum atomic E-state index is -0.724. The number of nitrogens with zero attached hydrogens (tertiary/aromatic N) is 1. The van der Waals surface area contributed by atoms with Crippen molar-refractivity contribution in [2.24, 2.45) is 0 Å². The number of hydrogen-bond donors (Lipinski definition) is 1. The van der Waals surface area contributed by atoms with Crippen molar-refractivity contribution in [3.63, 3.8) is 0 Å². The Morgan fingerprint density at radius 1 is 1.25 bits per heavy atom. The smallest absolute Gasteiger partial charge is 0.312 e. The Labute approximate surface area is 95.7 Å². The molecule has 1 aromatic carbocycles. The van der Waals surface area contributed by atoms with E-state index in [1.807, 2.05) is 30.3 Å². The maximum absolute atomic E-state index is 11.3. The Bertz CT molecular complexity index is 344. The monoisotopic (exact) mass is 219 g/mol. The zero-order valence-electron chi connectivity index (χ0n) is 9.30. The number of carbonyl (C=O) groups is 1. The van der Waals surface area contributed by atoms with Crippen molar-refractivity contribution in [2.45, 2.75) is 18.8 Å². The molecule has 0 amide bonds. The molecule has 1 aromatic rings. The number of benzene rings is 1. The molecule has 1 saturated heterocycles. The van der Waals surface area contributed by atoms with Crippen LogP contribution in [-0.2, 0) is 4.79 Å². The third-order valence-electron chi connectivity index (χ3n) is 3.14. The fourth-order valence-corrected chi connectivity index (χ4v) is 2.23. The van der Waals surface area contributed by atoms with E-state index in [0.29, 0.717) is 6.54 Å². The van der Waals surface area contributed by atoms with Gasteiger partial charge in [0.2, 0.25) is 0 Å². The fourth-order valence-electron chi connectivity index (χ4n) is 2.23. The van der Waals surface area contributed by atoms with E-state index < -0.39 is 5.97 Å². The molecule has 0 radical (unpaired) electrons. The van der Waals surface area contributed by atoms with Gasteiger partial charge < -0.3 is 10.0 Å². The molecule has 0 unspecified atom stereocenters. The lowest BCUT2D eigenvalue weighted by atomic mass is 9.99. The van der Waals surface area contributed by atoms with Gasteiger partial charge in [-0.2, -0.15) is 0 Å². The van der Waals surface area contributed by atoms with Gasteiger partial charge in [0.25, 0.3) is 0 Å². The van der Waals surface area contributed by atoms with Gasteiger partial charge in [-0.3, -0.25) is 4.79 Å². The Balaban J connectivity index is 2.08. The van der Waals surface area contributed by atoms with Crippen molar-refractivity contribution < 1.29 is 9.90 Å². The molecule has 86 valence electrons. The van der Waals surface area contributed by atoms with E-state index >= 15 is 0 Å². The van der Waals surface area contributed by atoms with Crippen LogP contribution in [0.2, 0.25) is 0 Å². The summed E-state index contributed by atoms with van der Waals surface area (Å²) >= 11 is 0. The molecule has 1 aliphatic heterocycles. The normalized spacial score (nSPS) is 18.5. The highest BCUT2D eigenvalue weighted by molar-refractivity contribution is 5.76. The van der Waals surface area contributed by atoms with Crippen LogP contribution >= 0.6 is 0 Å². The first-order valence-electron chi connectivity index (χ1n) is 5.77. The minimum absolute atomic E-state index is 0.390. The van der Waals surface area contributed by atoms with Gasteiger partial charge in [0.05, 0.1) is 5.92 Å². The first-order valence-corrected chi connectivity index (χ1v) is 5.77. The van der Waals surface area contributed by atoms with E-state index in [4.69, 9.17) is 0 Å². The molecule has 1 atom stereocenters. The van der Waals surface area contributed by atoms with Gasteiger partial charge in [-0.05, 0) is 31.5 Å². The van der Waals surface area contributed by atoms with E-state index in [0.717, 1.165) is 18.7 Å². The van der Waals surface area contributed by atoms with Gasteiger partial charge in [-0.25, -0.2) is 0 Å². The quantitative estimate of drug-likeness (QED) is 0.841. The van der Waals surface area contributed by atoms with Gasteiger partial charge in [0.15, 0.2) is 0 Å². The first kappa shape index (κ1) is 11.1. The molecule has 0 spiro atoms. The maximum atomic E-state index is 11.3. The predicted molar refractivity (Wildman–Crippen MR) is 62.5 cm³/mol. The van der Waals surface area contributed by atoms with Crippen molar-refractivity contribution in [3.8, 4) is 0 Å². The van der Waals surface area contributed by atoms with Gasteiger partial charge in [-0.1, -0.05) is 30.3 Å². The summed E-state index contributed by atoms with van der Waals surface area (Å²) in [5.41, 5.74) is 0.905. The lowest BCUT2D eigenvalue weighted by Crippen LogP contribution is -2.29. The molecule has 3 nitrogen and oxygen atoms in total. The molecule has 0 aliphatic carbocycles. The number of hydrogen-bond acceptors (Lipinski definition) is 2. The van der Waals surface area contributed by atoms with Crippen LogP contribution < -0.4 is 0 Å². The molecule has 1 aliphatic rings. The second-order valence-electron chi connectivity index (χ2n) is 4.31. The third-order valence-corrected chi connectivity index (χ3v) is 3.14. The van der Waals surface area contributed by atoms with Crippen LogP contribution in [0.25, 0.3) is 0 Å². The van der Waals surface area contributed by atoms with E-state index in [1.165, 1.54) is 12.8 Å². The number of rotatable bonds is 4. The molecule has 16 heavy (non-hydrogen) atoms. The lowest BCUT2D eigenvalue weighted by molar-refractivity contribution is -0.139. The second-order valence-corrected chi connectivity index (χ2v) is 4.31. The maximum Gasteiger partial charge on any atom is 0.312 e. The average molecular weight is 219 g/mol. The number of likely N-dealkylation sites (tertiary alicyclic amines) is 1. The SMILES string of the molecule is O=C(O)[C@H](CN1CCCC1)c1ccccc1. The summed E-state index contributed by atoms with van der Waals surface area (Å²) in [4.78, 5) is 13.5. The van der Waals surface area contributed by atoms with Crippen molar-refractivity contribution in [3.05, 3.63) is 35.9 Å². The van der Waals surface area contributed by atoms with E-state index in [1.54, 1.807) is 0 Å². The van der Waals surface area contributed by atoms with E-state index in [-0.39, 0.29) is 5.92 Å². The molecule has 3 heteroatoms. The number of carboxylic acids is 1. The Kier molecular flexibility index (Phi) is 3.57.